The first kappa shape index (κ1) is 27.0. The van der Waals surface area contributed by atoms with Crippen molar-refractivity contribution < 1.29 is 13.5 Å². The summed E-state index contributed by atoms with van der Waals surface area (Å²) in [4.78, 5) is -0.293. The van der Waals surface area contributed by atoms with E-state index < -0.39 is 9.84 Å². The number of sulfone groups is 1. The molecule has 0 bridgehead atoms. The third-order valence-electron chi connectivity index (χ3n) is 5.90. The van der Waals surface area contributed by atoms with Crippen molar-refractivity contribution >= 4 is 28.1 Å². The van der Waals surface area contributed by atoms with E-state index in [9.17, 15) is 18.8 Å². The van der Waals surface area contributed by atoms with Crippen molar-refractivity contribution in [3.8, 4) is 11.8 Å². The Hall–Kier alpha value is -3.62. The third kappa shape index (κ3) is 6.13. The van der Waals surface area contributed by atoms with Gasteiger partial charge in [0.05, 0.1) is 4.90 Å². The molecule has 0 heterocycles. The number of phenols is 1. The Balaban J connectivity index is 2.02. The number of allylic oxidation sites excluding steroid dienone is 1. The predicted molar refractivity (Wildman–Crippen MR) is 148 cm³/mol. The highest BCUT2D eigenvalue weighted by Gasteiger charge is 2.27. The van der Waals surface area contributed by atoms with Crippen LogP contribution < -0.4 is 0 Å². The fourth-order valence-corrected chi connectivity index (χ4v) is 5.01. The number of hydrogen-bond donors (Lipinski definition) is 1. The second kappa shape index (κ2) is 10.2. The highest BCUT2D eigenvalue weighted by atomic mass is 32.2. The quantitative estimate of drug-likeness (QED) is 0.291. The van der Waals surface area contributed by atoms with E-state index >= 15 is 0 Å². The molecule has 0 radical (unpaired) electrons. The van der Waals surface area contributed by atoms with E-state index in [1.54, 1.807) is 24.3 Å². The van der Waals surface area contributed by atoms with Crippen molar-refractivity contribution in [2.24, 2.45) is 0 Å². The summed E-state index contributed by atoms with van der Waals surface area (Å²) in [6, 6.07) is 21.7. The molecule has 0 aliphatic carbocycles. The van der Waals surface area contributed by atoms with Crippen LogP contribution in [0.25, 0.3) is 18.2 Å². The summed E-state index contributed by atoms with van der Waals surface area (Å²) in [5, 5.41) is 20.8. The summed E-state index contributed by atoms with van der Waals surface area (Å²) in [6.45, 7) is 11.9. The standard InChI is InChI=1S/C31H33NO3S/c1-30(2,3)27-19-24(20-28(29(27)33)31(4,5)6)18-26(21-32)36(34,35)25-16-14-23(15-17-25)13-12-22-10-8-7-9-11-22/h7-20,33H,1-6H3/b13-12+,26-18-. The second-order valence-electron chi connectivity index (χ2n) is 10.9. The predicted octanol–water partition coefficient (Wildman–Crippen LogP) is 7.50. The molecule has 186 valence electrons. The van der Waals surface area contributed by atoms with Crippen molar-refractivity contribution in [2.45, 2.75) is 57.3 Å². The molecule has 0 fully saturated rings. The average molecular weight is 500 g/mol. The molecule has 0 atom stereocenters. The fourth-order valence-electron chi connectivity index (χ4n) is 3.85. The van der Waals surface area contributed by atoms with Crippen molar-refractivity contribution in [3.05, 3.63) is 99.5 Å². The number of rotatable bonds is 5. The molecule has 0 aliphatic heterocycles. The van der Waals surface area contributed by atoms with Gasteiger partial charge in [-0.05, 0) is 57.9 Å². The van der Waals surface area contributed by atoms with Crippen molar-refractivity contribution in [2.75, 3.05) is 0 Å². The largest absolute Gasteiger partial charge is 0.507 e. The summed E-state index contributed by atoms with van der Waals surface area (Å²) in [7, 11) is -4.03. The summed E-state index contributed by atoms with van der Waals surface area (Å²) >= 11 is 0. The van der Waals surface area contributed by atoms with E-state index in [0.717, 1.165) is 11.1 Å². The van der Waals surface area contributed by atoms with Crippen LogP contribution in [0.4, 0.5) is 0 Å². The fraction of sp³-hybridized carbons (Fsp3) is 0.258. The third-order valence-corrected chi connectivity index (χ3v) is 7.58. The smallest absolute Gasteiger partial charge is 0.216 e. The Morgan fingerprint density at radius 1 is 0.778 bits per heavy atom. The number of aromatic hydroxyl groups is 1. The van der Waals surface area contributed by atoms with Gasteiger partial charge in [-0.1, -0.05) is 96.2 Å². The molecule has 3 aromatic carbocycles. The van der Waals surface area contributed by atoms with Gasteiger partial charge in [-0.15, -0.1) is 0 Å². The number of hydrogen-bond acceptors (Lipinski definition) is 4. The van der Waals surface area contributed by atoms with Gasteiger partial charge in [-0.3, -0.25) is 0 Å². The maximum absolute atomic E-state index is 13.3. The number of benzene rings is 3. The monoisotopic (exact) mass is 499 g/mol. The van der Waals surface area contributed by atoms with Crippen LogP contribution in [0.2, 0.25) is 0 Å². The molecule has 36 heavy (non-hydrogen) atoms. The molecule has 0 amide bonds. The molecular weight excluding hydrogens is 466 g/mol. The molecule has 0 aromatic heterocycles. The maximum Gasteiger partial charge on any atom is 0.216 e. The van der Waals surface area contributed by atoms with Gasteiger partial charge >= 0.3 is 0 Å². The first-order chi connectivity index (χ1) is 16.7. The lowest BCUT2D eigenvalue weighted by Crippen LogP contribution is -2.17. The Morgan fingerprint density at radius 2 is 1.25 bits per heavy atom. The van der Waals surface area contributed by atoms with Gasteiger partial charge < -0.3 is 5.11 Å². The van der Waals surface area contributed by atoms with Crippen LogP contribution in [0.15, 0.2) is 76.5 Å². The van der Waals surface area contributed by atoms with Gasteiger partial charge in [0.1, 0.15) is 16.7 Å². The molecular formula is C31H33NO3S. The van der Waals surface area contributed by atoms with Crippen LogP contribution >= 0.6 is 0 Å². The summed E-state index contributed by atoms with van der Waals surface area (Å²) < 4.78 is 26.7. The van der Waals surface area contributed by atoms with Crippen LogP contribution in [-0.4, -0.2) is 13.5 Å². The first-order valence-electron chi connectivity index (χ1n) is 11.8. The topological polar surface area (TPSA) is 78.2 Å². The molecule has 0 saturated carbocycles. The Morgan fingerprint density at radius 3 is 1.69 bits per heavy atom. The van der Waals surface area contributed by atoms with Gasteiger partial charge in [0.2, 0.25) is 9.84 Å². The first-order valence-corrected chi connectivity index (χ1v) is 13.3. The van der Waals surface area contributed by atoms with E-state index in [1.165, 1.54) is 18.2 Å². The molecule has 1 N–H and O–H groups in total. The molecule has 3 rings (SSSR count). The molecule has 0 aliphatic rings. The molecule has 0 spiro atoms. The van der Waals surface area contributed by atoms with E-state index in [-0.39, 0.29) is 26.4 Å². The lowest BCUT2D eigenvalue weighted by atomic mass is 9.78. The molecule has 0 unspecified atom stereocenters. The molecule has 0 saturated heterocycles. The highest BCUT2D eigenvalue weighted by molar-refractivity contribution is 7.95. The summed E-state index contributed by atoms with van der Waals surface area (Å²) in [5.41, 5.74) is 3.11. The van der Waals surface area contributed by atoms with Crippen LogP contribution in [0.3, 0.4) is 0 Å². The summed E-state index contributed by atoms with van der Waals surface area (Å²) in [6.07, 6.45) is 5.25. The lowest BCUT2D eigenvalue weighted by Gasteiger charge is -2.28. The van der Waals surface area contributed by atoms with Crippen molar-refractivity contribution in [3.63, 3.8) is 0 Å². The average Bonchev–Trinajstić information content (AvgIpc) is 2.81. The maximum atomic E-state index is 13.3. The minimum atomic E-state index is -4.03. The van der Waals surface area contributed by atoms with Gasteiger partial charge in [0.15, 0.2) is 0 Å². The van der Waals surface area contributed by atoms with Crippen LogP contribution in [0, 0.1) is 11.3 Å². The second-order valence-corrected chi connectivity index (χ2v) is 12.8. The van der Waals surface area contributed by atoms with Crippen LogP contribution in [0.5, 0.6) is 5.75 Å². The van der Waals surface area contributed by atoms with E-state index in [4.69, 9.17) is 0 Å². The van der Waals surface area contributed by atoms with Gasteiger partial charge in [-0.2, -0.15) is 5.26 Å². The minimum Gasteiger partial charge on any atom is -0.507 e. The van der Waals surface area contributed by atoms with Crippen molar-refractivity contribution in [1.82, 2.24) is 0 Å². The van der Waals surface area contributed by atoms with Crippen molar-refractivity contribution in [1.29, 1.82) is 5.26 Å². The van der Waals surface area contributed by atoms with Crippen LogP contribution in [-0.2, 0) is 20.7 Å². The Kier molecular flexibility index (Phi) is 7.62. The number of phenolic OH excluding ortho intramolecular Hbond substituents is 1. The van der Waals surface area contributed by atoms with E-state index in [2.05, 4.69) is 0 Å². The highest BCUT2D eigenvalue weighted by Crippen LogP contribution is 2.40. The molecule has 5 heteroatoms. The molecule has 4 nitrogen and oxygen atoms in total. The SMILES string of the molecule is CC(C)(C)c1cc(/C=C(/C#N)S(=O)(=O)c2ccc(/C=C/c3ccccc3)cc2)cc(C(C)(C)C)c1O. The molecule has 3 aromatic rings. The number of nitrogens with zero attached hydrogens (tertiary/aromatic N) is 1. The zero-order valence-electron chi connectivity index (χ0n) is 21.7. The van der Waals surface area contributed by atoms with E-state index in [0.29, 0.717) is 16.7 Å². The van der Waals surface area contributed by atoms with Gasteiger partial charge in [0.25, 0.3) is 0 Å². The zero-order valence-corrected chi connectivity index (χ0v) is 22.5. The van der Waals surface area contributed by atoms with Crippen LogP contribution in [0.1, 0.15) is 69.4 Å². The normalized spacial score (nSPS) is 13.1. The Bertz CT molecular complexity index is 1410. The van der Waals surface area contributed by atoms with Gasteiger partial charge in [0, 0.05) is 11.1 Å². The van der Waals surface area contributed by atoms with E-state index in [1.807, 2.05) is 90.1 Å². The minimum absolute atomic E-state index is 0.0537. The van der Waals surface area contributed by atoms with Gasteiger partial charge in [-0.25, -0.2) is 8.42 Å². The zero-order chi connectivity index (χ0) is 26.7. The summed E-state index contributed by atoms with van der Waals surface area (Å²) in [5.74, 6) is 0.202. The lowest BCUT2D eigenvalue weighted by molar-refractivity contribution is 0.423. The number of nitriles is 1. The Labute approximate surface area is 215 Å².